The fourth-order valence-corrected chi connectivity index (χ4v) is 6.40. The molecule has 4 unspecified atom stereocenters. The SMILES string of the molecule is CC(C)Br.CCOC(=O)CC1OB(O)c2cc(OC3CCCCO3)cc(O)c21.CCOC(=O)CC1OB(O)c2cc(OC3CCCCO3)cc(OC(C)C)c21.O=CO[O-].[H-].[K+].[K+]. The van der Waals surface area contributed by atoms with Gasteiger partial charge in [0.05, 0.1) is 57.6 Å². The summed E-state index contributed by atoms with van der Waals surface area (Å²) in [6, 6.07) is 6.58. The zero-order chi connectivity index (χ0) is 43.5. The molecule has 2 aromatic rings. The Labute approximate surface area is 453 Å². The van der Waals surface area contributed by atoms with Gasteiger partial charge in [-0.1, -0.05) is 29.8 Å². The van der Waals surface area contributed by atoms with Crippen molar-refractivity contribution in [2.45, 2.75) is 129 Å². The first-order valence-corrected chi connectivity index (χ1v) is 20.7. The molecule has 4 aliphatic rings. The first kappa shape index (κ1) is 58.7. The van der Waals surface area contributed by atoms with Gasteiger partial charge in [0.15, 0.2) is 12.6 Å². The minimum Gasteiger partial charge on any atom is -1.00 e. The van der Waals surface area contributed by atoms with Crippen molar-refractivity contribution in [2.24, 2.45) is 0 Å². The maximum absolute atomic E-state index is 11.9. The van der Waals surface area contributed by atoms with E-state index >= 15 is 0 Å². The number of hydrogen-bond donors (Lipinski definition) is 3. The molecule has 0 bridgehead atoms. The van der Waals surface area contributed by atoms with Crippen molar-refractivity contribution in [3.8, 4) is 23.0 Å². The second-order valence-corrected chi connectivity index (χ2v) is 15.9. The van der Waals surface area contributed by atoms with E-state index in [-0.39, 0.29) is 161 Å². The number of ether oxygens (including phenoxy) is 7. The zero-order valence-corrected chi connectivity index (χ0v) is 44.3. The maximum Gasteiger partial charge on any atom is 1.00 e. The van der Waals surface area contributed by atoms with Crippen LogP contribution in [0.25, 0.3) is 0 Å². The standard InChI is InChI=1S/C19H27BO7.C16H21BO7.C3H7Br.CH2O3.2K.H/c1-4-23-17(21)11-16-19-14(20(22)27-16)9-13(10-15(19)25-12(2)3)26-18-7-5-6-8-24-18;1-2-21-14(19)9-13-16-11(17(20)24-13)7-10(8-12(16)18)23-15-5-3-4-6-22-15;1-3(2)4;2-1-4-3;;;/h9-10,12,16,18,22H,4-8,11H2,1-3H3;7-8,13,15,18,20H,2-6,9H2,1H3;3H,1-2H3;1,3H;;;/q;;;;2*+1;-1/p-1. The van der Waals surface area contributed by atoms with E-state index in [2.05, 4.69) is 34.7 Å². The maximum atomic E-state index is 11.9. The molecule has 61 heavy (non-hydrogen) atoms. The fraction of sp³-hybridized carbons (Fsp3) is 0.615. The number of benzene rings is 2. The quantitative estimate of drug-likeness (QED) is 0.0469. The van der Waals surface area contributed by atoms with E-state index in [0.29, 0.717) is 63.9 Å². The molecular formula is C39H57B2BrK2O17. The number of carbonyl (C=O) groups is 3. The van der Waals surface area contributed by atoms with Gasteiger partial charge in [-0.15, -0.1) is 0 Å². The average molecular weight is 978 g/mol. The van der Waals surface area contributed by atoms with Crippen molar-refractivity contribution in [3.63, 3.8) is 0 Å². The van der Waals surface area contributed by atoms with E-state index in [0.717, 1.165) is 38.5 Å². The summed E-state index contributed by atoms with van der Waals surface area (Å²) in [5.74, 6) is 0.587. The van der Waals surface area contributed by atoms with E-state index in [4.69, 9.17) is 52.5 Å². The van der Waals surface area contributed by atoms with Gasteiger partial charge in [-0.05, 0) is 76.4 Å². The van der Waals surface area contributed by atoms with Crippen LogP contribution in [0.5, 0.6) is 23.0 Å². The number of rotatable bonds is 13. The van der Waals surface area contributed by atoms with Gasteiger partial charge >= 0.3 is 129 Å². The van der Waals surface area contributed by atoms with Gasteiger partial charge < -0.3 is 69.2 Å². The molecule has 2 aromatic carbocycles. The van der Waals surface area contributed by atoms with E-state index < -0.39 is 32.4 Å². The molecule has 2 fully saturated rings. The van der Waals surface area contributed by atoms with Crippen LogP contribution < -0.4 is 133 Å². The molecule has 2 saturated heterocycles. The molecule has 3 N–H and O–H groups in total. The number of esters is 2. The first-order chi connectivity index (χ1) is 28.2. The van der Waals surface area contributed by atoms with E-state index in [1.165, 1.54) is 6.07 Å². The van der Waals surface area contributed by atoms with E-state index in [9.17, 15) is 24.7 Å². The Morgan fingerprint density at radius 1 is 0.820 bits per heavy atom. The Hall–Kier alpha value is -0.347. The molecule has 330 valence electrons. The van der Waals surface area contributed by atoms with Crippen LogP contribution in [-0.4, -0.2) is 97.7 Å². The summed E-state index contributed by atoms with van der Waals surface area (Å²) in [6.45, 7) is 13.2. The number of aromatic hydroxyl groups is 1. The van der Waals surface area contributed by atoms with E-state index in [1.807, 2.05) is 13.8 Å². The average Bonchev–Trinajstić information content (AvgIpc) is 3.66. The first-order valence-electron chi connectivity index (χ1n) is 19.8. The summed E-state index contributed by atoms with van der Waals surface area (Å²) in [6.07, 6.45) is 3.55. The second kappa shape index (κ2) is 31.5. The molecule has 22 heteroatoms. The van der Waals surface area contributed by atoms with Crippen LogP contribution in [0.1, 0.15) is 118 Å². The fourth-order valence-electron chi connectivity index (χ4n) is 6.40. The number of phenols is 1. The summed E-state index contributed by atoms with van der Waals surface area (Å²) in [5.41, 5.74) is 2.01. The summed E-state index contributed by atoms with van der Waals surface area (Å²) in [4.78, 5) is 35.5. The molecule has 4 heterocycles. The van der Waals surface area contributed by atoms with Crippen molar-refractivity contribution in [1.29, 1.82) is 0 Å². The molecule has 6 rings (SSSR count). The third kappa shape index (κ3) is 20.4. The summed E-state index contributed by atoms with van der Waals surface area (Å²) >= 11 is 3.27. The van der Waals surface area contributed by atoms with Crippen LogP contribution in [0, 0.1) is 0 Å². The number of alkyl halides is 1. The van der Waals surface area contributed by atoms with Crippen LogP contribution in [0.15, 0.2) is 24.3 Å². The molecule has 0 radical (unpaired) electrons. The van der Waals surface area contributed by atoms with Gasteiger partial charge in [0.25, 0.3) is 6.47 Å². The number of carbonyl (C=O) groups excluding carboxylic acids is 3. The monoisotopic (exact) mass is 976 g/mol. The predicted octanol–water partition coefficient (Wildman–Crippen LogP) is -2.55. The Bertz CT molecular complexity index is 1620. The van der Waals surface area contributed by atoms with Crippen molar-refractivity contribution in [2.75, 3.05) is 26.4 Å². The van der Waals surface area contributed by atoms with Crippen LogP contribution in [0.4, 0.5) is 0 Å². The molecule has 0 aliphatic carbocycles. The minimum atomic E-state index is -1.22. The van der Waals surface area contributed by atoms with Crippen LogP contribution in [0.3, 0.4) is 0 Å². The molecule has 0 saturated carbocycles. The third-order valence-corrected chi connectivity index (χ3v) is 8.60. The smallest absolute Gasteiger partial charge is 1.00 e. The summed E-state index contributed by atoms with van der Waals surface area (Å²) in [7, 11) is -2.37. The van der Waals surface area contributed by atoms with Crippen molar-refractivity contribution in [3.05, 3.63) is 35.4 Å². The van der Waals surface area contributed by atoms with Crippen molar-refractivity contribution < 1.29 is 186 Å². The molecule has 4 atom stereocenters. The molecule has 0 aromatic heterocycles. The molecular weight excluding hydrogens is 920 g/mol. The van der Waals surface area contributed by atoms with Gasteiger partial charge in [0.2, 0.25) is 0 Å². The van der Waals surface area contributed by atoms with Gasteiger partial charge in [0.1, 0.15) is 23.0 Å². The molecule has 0 spiro atoms. The molecule has 17 nitrogen and oxygen atoms in total. The summed E-state index contributed by atoms with van der Waals surface area (Å²) < 4.78 is 49.7. The Kier molecular flexibility index (Phi) is 30.3. The Morgan fingerprint density at radius 2 is 1.25 bits per heavy atom. The third-order valence-electron chi connectivity index (χ3n) is 8.60. The van der Waals surface area contributed by atoms with Crippen molar-refractivity contribution >= 4 is 59.5 Å². The van der Waals surface area contributed by atoms with Crippen molar-refractivity contribution in [1.82, 2.24) is 0 Å². The Balaban J connectivity index is 0.000000986. The predicted molar refractivity (Wildman–Crippen MR) is 216 cm³/mol. The summed E-state index contributed by atoms with van der Waals surface area (Å²) in [5, 5.41) is 39.2. The number of hydrogen-bond acceptors (Lipinski definition) is 17. The van der Waals surface area contributed by atoms with Gasteiger partial charge in [-0.3, -0.25) is 14.4 Å². The Morgan fingerprint density at radius 3 is 1.64 bits per heavy atom. The normalized spacial score (nSPS) is 19.7. The largest absolute Gasteiger partial charge is 1.00 e. The van der Waals surface area contributed by atoms with Crippen LogP contribution in [-0.2, 0) is 47.5 Å². The van der Waals surface area contributed by atoms with Crippen LogP contribution >= 0.6 is 15.9 Å². The van der Waals surface area contributed by atoms with Crippen LogP contribution in [0.2, 0.25) is 0 Å². The number of halogens is 1. The molecule has 4 aliphatic heterocycles. The van der Waals surface area contributed by atoms with E-state index in [1.54, 1.807) is 32.0 Å². The minimum absolute atomic E-state index is 0. The number of phenolic OH excluding ortho intramolecular Hbond substituents is 1. The number of fused-ring (bicyclic) bond motifs is 2. The molecule has 0 amide bonds. The van der Waals surface area contributed by atoms with Gasteiger partial charge in [0, 0.05) is 40.9 Å². The zero-order valence-electron chi connectivity index (χ0n) is 37.4. The van der Waals surface area contributed by atoms with Gasteiger partial charge in [-0.2, -0.15) is 0 Å². The second-order valence-electron chi connectivity index (χ2n) is 14.0. The topological polar surface area (TPSA) is 227 Å². The van der Waals surface area contributed by atoms with Gasteiger partial charge in [-0.25, -0.2) is 0 Å².